The van der Waals surface area contributed by atoms with Crippen molar-refractivity contribution in [1.82, 2.24) is 0 Å². The Morgan fingerprint density at radius 1 is 0.433 bits per heavy atom. The van der Waals surface area contributed by atoms with Gasteiger partial charge in [-0.3, -0.25) is 0 Å². The summed E-state index contributed by atoms with van der Waals surface area (Å²) >= 11 is -5.81. The number of hydrogen-bond acceptors (Lipinski definition) is 4. The Bertz CT molecular complexity index is 932. The summed E-state index contributed by atoms with van der Waals surface area (Å²) in [6.45, 7) is -4.39. The molecule has 0 atom stereocenters. The molecule has 0 spiro atoms. The van der Waals surface area contributed by atoms with Crippen molar-refractivity contribution < 1.29 is 30.3 Å². The Kier molecular flexibility index (Phi) is 5.60. The fourth-order valence-corrected chi connectivity index (χ4v) is 13.6. The van der Waals surface area contributed by atoms with Gasteiger partial charge in [-0.1, -0.05) is 0 Å². The van der Waals surface area contributed by atoms with Crippen LogP contribution in [-0.2, 0) is 3.62 Å². The predicted octanol–water partition coefficient (Wildman–Crippen LogP) is 0.671. The van der Waals surface area contributed by atoms with E-state index in [9.17, 15) is 12.6 Å². The van der Waals surface area contributed by atoms with Gasteiger partial charge < -0.3 is 0 Å². The summed E-state index contributed by atoms with van der Waals surface area (Å²) in [6, 6.07) is 36.8. The van der Waals surface area contributed by atoms with Crippen LogP contribution >= 0.6 is 6.83 Å². The Morgan fingerprint density at radius 3 is 0.867 bits per heavy atom. The molecule has 4 rings (SSSR count). The third kappa shape index (κ3) is 3.30. The van der Waals surface area contributed by atoms with E-state index in [0.717, 1.165) is 0 Å². The van der Waals surface area contributed by atoms with Gasteiger partial charge in [0.2, 0.25) is 0 Å². The zero-order chi connectivity index (χ0) is 21.1. The van der Waals surface area contributed by atoms with E-state index in [1.807, 2.05) is 121 Å². The van der Waals surface area contributed by atoms with Crippen molar-refractivity contribution in [2.24, 2.45) is 0 Å². The van der Waals surface area contributed by atoms with E-state index in [1.54, 1.807) is 0 Å². The van der Waals surface area contributed by atoms with Crippen molar-refractivity contribution in [3.63, 3.8) is 0 Å². The normalized spacial score (nSPS) is 13.4. The van der Waals surface area contributed by atoms with Gasteiger partial charge in [-0.15, -0.1) is 0 Å². The topological polar surface area (TPSA) is 78.4 Å². The molecule has 0 saturated carbocycles. The average Bonchev–Trinajstić information content (AvgIpc) is 2.79. The van der Waals surface area contributed by atoms with Crippen LogP contribution in [0.25, 0.3) is 0 Å². The molecule has 0 saturated heterocycles. The molecule has 0 aliphatic rings. The molecule has 6 heteroatoms. The Hall–Kier alpha value is -2.37. The van der Waals surface area contributed by atoms with Crippen molar-refractivity contribution in [3.8, 4) is 0 Å². The van der Waals surface area contributed by atoms with Gasteiger partial charge in [0.1, 0.15) is 0 Å². The van der Waals surface area contributed by atoms with Crippen LogP contribution in [0.2, 0.25) is 0 Å². The molecule has 4 aromatic carbocycles. The molecule has 0 radical (unpaired) electrons. The minimum atomic E-state index is -5.81. The molecule has 4 nitrogen and oxygen atoms in total. The first-order valence-corrected chi connectivity index (χ1v) is 14.1. The van der Waals surface area contributed by atoms with E-state index < -0.39 is 20.9 Å². The van der Waals surface area contributed by atoms with Gasteiger partial charge in [0.15, 0.2) is 0 Å². The van der Waals surface area contributed by atoms with Crippen LogP contribution in [0.4, 0.5) is 0 Å². The molecule has 0 aliphatic heterocycles. The second-order valence-electron chi connectivity index (χ2n) is 6.83. The number of benzene rings is 4. The van der Waals surface area contributed by atoms with Crippen LogP contribution < -0.4 is 33.8 Å². The third-order valence-electron chi connectivity index (χ3n) is 5.22. The van der Waals surface area contributed by atoms with Crippen LogP contribution in [0.15, 0.2) is 121 Å². The summed E-state index contributed by atoms with van der Waals surface area (Å²) in [7, 11) is 0. The first kappa shape index (κ1) is 20.9. The van der Waals surface area contributed by atoms with Gasteiger partial charge >= 0.3 is 180 Å². The molecule has 4 aromatic rings. The molecule has 152 valence electrons. The Balaban J connectivity index is 2.31. The van der Waals surface area contributed by atoms with Crippen molar-refractivity contribution in [1.29, 1.82) is 0 Å². The molecular weight excluding hydrogens is 463 g/mol. The van der Waals surface area contributed by atoms with E-state index in [4.69, 9.17) is 3.62 Å². The van der Waals surface area contributed by atoms with Gasteiger partial charge in [0.25, 0.3) is 0 Å². The fraction of sp³-hybridized carbons (Fsp3) is 0. The van der Waals surface area contributed by atoms with E-state index in [-0.39, 0.29) is 0 Å². The van der Waals surface area contributed by atoms with Crippen LogP contribution in [0, 0.1) is 14.1 Å². The number of rotatable bonds is 6. The van der Waals surface area contributed by atoms with Crippen LogP contribution in [0.1, 0.15) is 0 Å². The van der Waals surface area contributed by atoms with Crippen molar-refractivity contribution in [3.05, 3.63) is 121 Å². The molecular formula is C24H20BrO4P. The van der Waals surface area contributed by atoms with Crippen molar-refractivity contribution in [2.75, 3.05) is 0 Å². The minimum absolute atomic E-state index is 0.645. The zero-order valence-electron chi connectivity index (χ0n) is 16.0. The van der Waals surface area contributed by atoms with E-state index in [0.29, 0.717) is 21.2 Å². The maximum absolute atomic E-state index is 12.5. The molecule has 0 aliphatic carbocycles. The van der Waals surface area contributed by atoms with E-state index in [1.165, 1.54) is 0 Å². The number of hydrogen-bond donors (Lipinski definition) is 0. The van der Waals surface area contributed by atoms with Gasteiger partial charge in [0, 0.05) is 0 Å². The maximum atomic E-state index is 12.5. The summed E-state index contributed by atoms with van der Waals surface area (Å²) in [5.41, 5.74) is 0. The van der Waals surface area contributed by atoms with Gasteiger partial charge in [-0.25, -0.2) is 0 Å². The molecule has 0 amide bonds. The van der Waals surface area contributed by atoms with Crippen LogP contribution in [0.5, 0.6) is 0 Å². The van der Waals surface area contributed by atoms with Gasteiger partial charge in [0.05, 0.1) is 0 Å². The second kappa shape index (κ2) is 8.05. The second-order valence-corrected chi connectivity index (χ2v) is 13.6. The SMILES string of the molecule is [O-][Br+3]([O-])([O-])OP(c1ccccc1)(c1ccccc1)(c1ccccc1)c1ccccc1. The predicted molar refractivity (Wildman–Crippen MR) is 112 cm³/mol. The fourth-order valence-electron chi connectivity index (χ4n) is 4.07. The summed E-state index contributed by atoms with van der Waals surface area (Å²) in [6.07, 6.45) is 0. The zero-order valence-corrected chi connectivity index (χ0v) is 18.5. The molecule has 0 unspecified atom stereocenters. The summed E-state index contributed by atoms with van der Waals surface area (Å²) in [5, 5.41) is 2.58. The monoisotopic (exact) mass is 482 g/mol. The molecule has 0 N–H and O–H groups in total. The number of halogens is 1. The molecule has 0 aromatic heterocycles. The summed E-state index contributed by atoms with van der Waals surface area (Å²) < 4.78 is 43.3. The molecule has 0 heterocycles. The van der Waals surface area contributed by atoms with Gasteiger partial charge in [-0.05, 0) is 0 Å². The first-order chi connectivity index (χ1) is 14.5. The Labute approximate surface area is 179 Å². The Morgan fingerprint density at radius 2 is 0.667 bits per heavy atom. The van der Waals surface area contributed by atoms with E-state index in [2.05, 4.69) is 0 Å². The van der Waals surface area contributed by atoms with Crippen molar-refractivity contribution >= 4 is 28.0 Å². The van der Waals surface area contributed by atoms with E-state index >= 15 is 0 Å². The van der Waals surface area contributed by atoms with Gasteiger partial charge in [-0.2, -0.15) is 0 Å². The quantitative estimate of drug-likeness (QED) is 0.378. The standard InChI is InChI=1S/C24H20BrO4P/c26-25(27,28)29-30(21-13-5-1-6-14-21,22-15-7-2-8-16-22,23-17-9-3-10-18-23)24-19-11-4-12-20-24/h1-20H. The average molecular weight is 483 g/mol. The molecule has 30 heavy (non-hydrogen) atoms. The summed E-state index contributed by atoms with van der Waals surface area (Å²) in [5.74, 6) is 0. The van der Waals surface area contributed by atoms with Crippen molar-refractivity contribution in [2.45, 2.75) is 0 Å². The molecule has 0 bridgehead atoms. The van der Waals surface area contributed by atoms with Crippen LogP contribution in [0.3, 0.4) is 0 Å². The summed E-state index contributed by atoms with van der Waals surface area (Å²) in [4.78, 5) is 0. The molecule has 0 fully saturated rings. The third-order valence-corrected chi connectivity index (χ3v) is 13.6. The van der Waals surface area contributed by atoms with Crippen LogP contribution in [-0.4, -0.2) is 0 Å². The first-order valence-electron chi connectivity index (χ1n) is 9.34.